The van der Waals surface area contributed by atoms with Crippen molar-refractivity contribution in [2.24, 2.45) is 5.73 Å². The molecule has 2 aromatic carbocycles. The van der Waals surface area contributed by atoms with E-state index in [1.54, 1.807) is 44.2 Å². The van der Waals surface area contributed by atoms with E-state index >= 15 is 0 Å². The largest absolute Gasteiger partial charge is 0.514 e. The van der Waals surface area contributed by atoms with Crippen LogP contribution in [0, 0.1) is 0 Å². The first kappa shape index (κ1) is 21.0. The molecule has 8 nitrogen and oxygen atoms in total. The number of phenols is 2. The molecule has 28 heavy (non-hydrogen) atoms. The van der Waals surface area contributed by atoms with Crippen molar-refractivity contribution in [2.45, 2.75) is 38.5 Å². The van der Waals surface area contributed by atoms with Gasteiger partial charge in [0.2, 0.25) is 0 Å². The van der Waals surface area contributed by atoms with Crippen LogP contribution in [0.2, 0.25) is 0 Å². The molecular formula is C20H23NO7. The van der Waals surface area contributed by atoms with Gasteiger partial charge in [-0.3, -0.25) is 4.79 Å². The Balaban J connectivity index is 1.82. The van der Waals surface area contributed by atoms with Crippen molar-refractivity contribution in [2.75, 3.05) is 0 Å². The monoisotopic (exact) mass is 389 g/mol. The number of para-hydroxylation sites is 1. The molecule has 0 aromatic heterocycles. The van der Waals surface area contributed by atoms with E-state index in [2.05, 4.69) is 0 Å². The third kappa shape index (κ3) is 6.17. The van der Waals surface area contributed by atoms with Crippen molar-refractivity contribution in [3.05, 3.63) is 54.1 Å². The average Bonchev–Trinajstić information content (AvgIpc) is 2.65. The lowest BCUT2D eigenvalue weighted by Crippen LogP contribution is -2.39. The summed E-state index contributed by atoms with van der Waals surface area (Å²) in [6.07, 6.45) is -2.32. The number of phenolic OH excluding ortho intramolecular Hbond substituents is 2. The molecule has 3 atom stereocenters. The summed E-state index contributed by atoms with van der Waals surface area (Å²) in [5.74, 6) is -0.914. The van der Waals surface area contributed by atoms with Gasteiger partial charge in [0.25, 0.3) is 0 Å². The second-order valence-electron chi connectivity index (χ2n) is 6.26. The van der Waals surface area contributed by atoms with Gasteiger partial charge in [0, 0.05) is 0 Å². The van der Waals surface area contributed by atoms with Crippen molar-refractivity contribution in [1.82, 2.24) is 0 Å². The number of carbonyl (C=O) groups excluding carboxylic acids is 2. The fourth-order valence-electron chi connectivity index (χ4n) is 2.26. The Morgan fingerprint density at radius 1 is 0.964 bits per heavy atom. The van der Waals surface area contributed by atoms with Crippen molar-refractivity contribution in [1.29, 1.82) is 0 Å². The highest BCUT2D eigenvalue weighted by Gasteiger charge is 2.25. The topological polar surface area (TPSA) is 128 Å². The minimum atomic E-state index is -0.991. The molecule has 4 N–H and O–H groups in total. The molecule has 0 saturated carbocycles. The number of benzene rings is 2. The SMILES string of the molecule is CC(OC(=O)[C@@H](N)Cc1ccc(O)c(O)c1)[C@@H](C)OC(=O)Oc1ccccc1. The van der Waals surface area contributed by atoms with Crippen LogP contribution in [0.3, 0.4) is 0 Å². The van der Waals surface area contributed by atoms with Crippen LogP contribution in [0.25, 0.3) is 0 Å². The Hall–Kier alpha value is -3.26. The molecule has 8 heteroatoms. The normalized spacial score (nSPS) is 13.8. The van der Waals surface area contributed by atoms with Crippen LogP contribution in [-0.2, 0) is 20.7 Å². The van der Waals surface area contributed by atoms with E-state index in [0.717, 1.165) is 0 Å². The molecular weight excluding hydrogens is 366 g/mol. The molecule has 0 fully saturated rings. The molecule has 0 radical (unpaired) electrons. The molecule has 2 aromatic rings. The van der Waals surface area contributed by atoms with Gasteiger partial charge in [-0.15, -0.1) is 0 Å². The molecule has 0 bridgehead atoms. The van der Waals surface area contributed by atoms with Crippen molar-refractivity contribution < 1.29 is 34.0 Å². The predicted octanol–water partition coefficient (Wildman–Crippen LogP) is 2.50. The van der Waals surface area contributed by atoms with Crippen molar-refractivity contribution in [3.63, 3.8) is 0 Å². The fourth-order valence-corrected chi connectivity index (χ4v) is 2.26. The zero-order valence-electron chi connectivity index (χ0n) is 15.6. The number of carbonyl (C=O) groups is 2. The van der Waals surface area contributed by atoms with Gasteiger partial charge in [-0.05, 0) is 50.1 Å². The molecule has 150 valence electrons. The van der Waals surface area contributed by atoms with E-state index in [9.17, 15) is 19.8 Å². The van der Waals surface area contributed by atoms with Gasteiger partial charge in [0.1, 0.15) is 24.0 Å². The van der Waals surface area contributed by atoms with Crippen molar-refractivity contribution >= 4 is 12.1 Å². The summed E-state index contributed by atoms with van der Waals surface area (Å²) < 4.78 is 15.4. The molecule has 0 aliphatic carbocycles. The molecule has 0 heterocycles. The van der Waals surface area contributed by atoms with Crippen LogP contribution < -0.4 is 10.5 Å². The van der Waals surface area contributed by atoms with Crippen LogP contribution in [0.15, 0.2) is 48.5 Å². The maximum Gasteiger partial charge on any atom is 0.514 e. The fraction of sp³-hybridized carbons (Fsp3) is 0.300. The van der Waals surface area contributed by atoms with E-state index in [-0.39, 0.29) is 17.9 Å². The number of hydrogen-bond acceptors (Lipinski definition) is 8. The van der Waals surface area contributed by atoms with E-state index in [1.165, 1.54) is 18.2 Å². The molecule has 0 saturated heterocycles. The highest BCUT2D eigenvalue weighted by Crippen LogP contribution is 2.25. The number of nitrogens with two attached hydrogens (primary N) is 1. The Labute approximate surface area is 162 Å². The molecule has 0 aliphatic heterocycles. The average molecular weight is 389 g/mol. The molecule has 1 unspecified atom stereocenters. The van der Waals surface area contributed by atoms with Crippen LogP contribution in [0.5, 0.6) is 17.2 Å². The summed E-state index contributed by atoms with van der Waals surface area (Å²) >= 11 is 0. The molecule has 0 amide bonds. The number of rotatable bonds is 7. The molecule has 2 rings (SSSR count). The quantitative estimate of drug-likeness (QED) is 0.374. The van der Waals surface area contributed by atoms with Crippen LogP contribution >= 0.6 is 0 Å². The summed E-state index contributed by atoms with van der Waals surface area (Å²) in [7, 11) is 0. The van der Waals surface area contributed by atoms with Gasteiger partial charge in [0.05, 0.1) is 0 Å². The number of esters is 1. The third-order valence-electron chi connectivity index (χ3n) is 3.99. The standard InChI is InChI=1S/C20H23NO7/c1-12(13(2)27-20(25)28-15-6-4-3-5-7-15)26-19(24)16(21)10-14-8-9-17(22)18(23)11-14/h3-9,11-13,16,22-23H,10,21H2,1-2H3/t12?,13-,16+/m1/s1. The lowest BCUT2D eigenvalue weighted by Gasteiger charge is -2.22. The van der Waals surface area contributed by atoms with E-state index in [1.807, 2.05) is 0 Å². The van der Waals surface area contributed by atoms with Gasteiger partial charge < -0.3 is 30.2 Å². The Bertz CT molecular complexity index is 809. The summed E-state index contributed by atoms with van der Waals surface area (Å²) in [4.78, 5) is 24.0. The summed E-state index contributed by atoms with van der Waals surface area (Å²) in [5.41, 5.74) is 6.40. The lowest BCUT2D eigenvalue weighted by atomic mass is 10.1. The van der Waals surface area contributed by atoms with Crippen LogP contribution in [0.4, 0.5) is 4.79 Å². The van der Waals surface area contributed by atoms with E-state index < -0.39 is 30.4 Å². The summed E-state index contributed by atoms with van der Waals surface area (Å²) in [6.45, 7) is 3.13. The maximum absolute atomic E-state index is 12.2. The van der Waals surface area contributed by atoms with E-state index in [0.29, 0.717) is 11.3 Å². The second-order valence-corrected chi connectivity index (χ2v) is 6.26. The van der Waals surface area contributed by atoms with Crippen LogP contribution in [-0.4, -0.2) is 40.6 Å². The summed E-state index contributed by atoms with van der Waals surface area (Å²) in [5, 5.41) is 18.8. The zero-order chi connectivity index (χ0) is 20.7. The third-order valence-corrected chi connectivity index (χ3v) is 3.99. The first-order chi connectivity index (χ1) is 13.3. The lowest BCUT2D eigenvalue weighted by molar-refractivity contribution is -0.155. The first-order valence-corrected chi connectivity index (χ1v) is 8.66. The second kappa shape index (κ2) is 9.61. The number of hydrogen-bond donors (Lipinski definition) is 3. The highest BCUT2D eigenvalue weighted by molar-refractivity contribution is 5.76. The smallest absolute Gasteiger partial charge is 0.504 e. The van der Waals surface area contributed by atoms with Gasteiger partial charge in [-0.25, -0.2) is 4.79 Å². The minimum Gasteiger partial charge on any atom is -0.504 e. The Kier molecular flexibility index (Phi) is 7.22. The minimum absolute atomic E-state index is 0.102. The zero-order valence-corrected chi connectivity index (χ0v) is 15.6. The van der Waals surface area contributed by atoms with Gasteiger partial charge >= 0.3 is 12.1 Å². The predicted molar refractivity (Wildman–Crippen MR) is 100 cm³/mol. The number of ether oxygens (including phenoxy) is 3. The summed E-state index contributed by atoms with van der Waals surface area (Å²) in [6, 6.07) is 11.6. The van der Waals surface area contributed by atoms with Crippen LogP contribution in [0.1, 0.15) is 19.4 Å². The Morgan fingerprint density at radius 2 is 1.61 bits per heavy atom. The van der Waals surface area contributed by atoms with Crippen molar-refractivity contribution in [3.8, 4) is 17.2 Å². The number of aromatic hydroxyl groups is 2. The maximum atomic E-state index is 12.2. The van der Waals surface area contributed by atoms with Gasteiger partial charge in [-0.1, -0.05) is 24.3 Å². The van der Waals surface area contributed by atoms with Gasteiger partial charge in [-0.2, -0.15) is 0 Å². The molecule has 0 spiro atoms. The first-order valence-electron chi connectivity index (χ1n) is 8.66. The van der Waals surface area contributed by atoms with E-state index in [4.69, 9.17) is 19.9 Å². The van der Waals surface area contributed by atoms with Gasteiger partial charge in [0.15, 0.2) is 11.5 Å². The highest BCUT2D eigenvalue weighted by atomic mass is 16.7. The molecule has 0 aliphatic rings. The Morgan fingerprint density at radius 3 is 2.25 bits per heavy atom.